The van der Waals surface area contributed by atoms with Crippen LogP contribution in [0, 0.1) is 0 Å². The van der Waals surface area contributed by atoms with E-state index in [4.69, 9.17) is 10.8 Å². The van der Waals surface area contributed by atoms with Crippen molar-refractivity contribution in [2.75, 3.05) is 17.6 Å². The predicted molar refractivity (Wildman–Crippen MR) is 124 cm³/mol. The molecule has 32 heavy (non-hydrogen) atoms. The third-order valence-corrected chi connectivity index (χ3v) is 5.82. The molecule has 0 bridgehead atoms. The van der Waals surface area contributed by atoms with Crippen molar-refractivity contribution in [2.24, 2.45) is 0 Å². The van der Waals surface area contributed by atoms with E-state index < -0.39 is 5.97 Å². The molecule has 1 fully saturated rings. The van der Waals surface area contributed by atoms with Crippen LogP contribution in [0.1, 0.15) is 41.3 Å². The highest BCUT2D eigenvalue weighted by Gasteiger charge is 2.34. The Morgan fingerprint density at radius 1 is 1.16 bits per heavy atom. The SMILES string of the molecule is CCc1ccc(/C=C2\SC(=O)N(CCCC(=O)Nc3ccc(C(=O)O)c(N)c3)C2=O)cc1. The maximum atomic E-state index is 12.6. The Kier molecular flexibility index (Phi) is 7.32. The maximum absolute atomic E-state index is 12.6. The molecular weight excluding hydrogens is 430 g/mol. The van der Waals surface area contributed by atoms with Gasteiger partial charge in [-0.3, -0.25) is 19.3 Å². The molecule has 166 valence electrons. The van der Waals surface area contributed by atoms with Crippen LogP contribution in [0.4, 0.5) is 16.2 Å². The quantitative estimate of drug-likeness (QED) is 0.407. The number of anilines is 2. The van der Waals surface area contributed by atoms with Gasteiger partial charge in [-0.05, 0) is 60.0 Å². The number of amides is 3. The van der Waals surface area contributed by atoms with Crippen molar-refractivity contribution in [1.82, 2.24) is 4.90 Å². The highest BCUT2D eigenvalue weighted by molar-refractivity contribution is 8.18. The van der Waals surface area contributed by atoms with Crippen molar-refractivity contribution < 1.29 is 24.3 Å². The van der Waals surface area contributed by atoms with E-state index in [0.29, 0.717) is 17.0 Å². The molecule has 0 saturated carbocycles. The number of nitrogens with one attached hydrogen (secondary N) is 1. The molecule has 1 aliphatic heterocycles. The molecule has 0 spiro atoms. The Bertz CT molecular complexity index is 1100. The first-order valence-electron chi connectivity index (χ1n) is 10.1. The monoisotopic (exact) mass is 453 g/mol. The first-order chi connectivity index (χ1) is 15.3. The lowest BCUT2D eigenvalue weighted by Crippen LogP contribution is -2.29. The number of nitrogens with zero attached hydrogens (tertiary/aromatic N) is 1. The van der Waals surface area contributed by atoms with Gasteiger partial charge in [-0.1, -0.05) is 31.2 Å². The minimum atomic E-state index is -1.15. The number of carbonyl (C=O) groups is 4. The molecule has 2 aromatic carbocycles. The van der Waals surface area contributed by atoms with Crippen LogP contribution in [0.5, 0.6) is 0 Å². The lowest BCUT2D eigenvalue weighted by atomic mass is 10.1. The van der Waals surface area contributed by atoms with E-state index in [1.165, 1.54) is 23.8 Å². The third-order valence-electron chi connectivity index (χ3n) is 4.91. The number of nitrogens with two attached hydrogens (primary N) is 1. The molecule has 0 aromatic heterocycles. The molecule has 8 nitrogen and oxygen atoms in total. The standard InChI is InChI=1S/C23H23N3O5S/c1-2-14-5-7-15(8-6-14)12-19-21(28)26(23(31)32-19)11-3-4-20(27)25-16-9-10-17(22(29)30)18(24)13-16/h5-10,12-13H,2-4,11,24H2,1H3,(H,25,27)(H,29,30)/b19-12-. The Hall–Kier alpha value is -3.59. The van der Waals surface area contributed by atoms with Crippen LogP contribution < -0.4 is 11.1 Å². The summed E-state index contributed by atoms with van der Waals surface area (Å²) in [4.78, 5) is 49.5. The highest BCUT2D eigenvalue weighted by Crippen LogP contribution is 2.32. The van der Waals surface area contributed by atoms with Gasteiger partial charge in [0.2, 0.25) is 5.91 Å². The summed E-state index contributed by atoms with van der Waals surface area (Å²) in [5.41, 5.74) is 8.09. The second-order valence-corrected chi connectivity index (χ2v) is 8.18. The summed E-state index contributed by atoms with van der Waals surface area (Å²) in [6.07, 6.45) is 3.00. The van der Waals surface area contributed by atoms with Gasteiger partial charge >= 0.3 is 5.97 Å². The number of carboxylic acid groups (broad SMARTS) is 1. The van der Waals surface area contributed by atoms with E-state index in [1.807, 2.05) is 24.3 Å². The second-order valence-electron chi connectivity index (χ2n) is 7.19. The van der Waals surface area contributed by atoms with Crippen LogP contribution in [0.25, 0.3) is 6.08 Å². The number of hydrogen-bond acceptors (Lipinski definition) is 6. The Morgan fingerprint density at radius 3 is 2.50 bits per heavy atom. The summed E-state index contributed by atoms with van der Waals surface area (Å²) in [5, 5.41) is 11.3. The molecule has 3 rings (SSSR count). The van der Waals surface area contributed by atoms with Gasteiger partial charge in [-0.2, -0.15) is 0 Å². The predicted octanol–water partition coefficient (Wildman–Crippen LogP) is 3.98. The van der Waals surface area contributed by atoms with Gasteiger partial charge in [-0.25, -0.2) is 4.79 Å². The second kappa shape index (κ2) is 10.1. The third kappa shape index (κ3) is 5.55. The smallest absolute Gasteiger partial charge is 0.337 e. The molecule has 1 saturated heterocycles. The van der Waals surface area contributed by atoms with E-state index in [2.05, 4.69) is 12.2 Å². The van der Waals surface area contributed by atoms with Crippen molar-refractivity contribution in [3.05, 3.63) is 64.1 Å². The topological polar surface area (TPSA) is 130 Å². The summed E-state index contributed by atoms with van der Waals surface area (Å²) in [7, 11) is 0. The number of imide groups is 1. The molecule has 1 heterocycles. The van der Waals surface area contributed by atoms with Crippen molar-refractivity contribution in [1.29, 1.82) is 0 Å². The first kappa shape index (κ1) is 23.1. The average Bonchev–Trinajstić information content (AvgIpc) is 3.01. The summed E-state index contributed by atoms with van der Waals surface area (Å²) in [6, 6.07) is 11.9. The molecule has 0 aliphatic carbocycles. The number of aromatic carboxylic acids is 1. The minimum absolute atomic E-state index is 0.0447. The summed E-state index contributed by atoms with van der Waals surface area (Å²) in [5.74, 6) is -1.84. The first-order valence-corrected chi connectivity index (χ1v) is 10.9. The van der Waals surface area contributed by atoms with Crippen LogP contribution in [0.2, 0.25) is 0 Å². The number of nitrogen functional groups attached to an aromatic ring is 1. The average molecular weight is 454 g/mol. The lowest BCUT2D eigenvalue weighted by Gasteiger charge is -2.12. The van der Waals surface area contributed by atoms with Gasteiger partial charge in [0.15, 0.2) is 0 Å². The summed E-state index contributed by atoms with van der Waals surface area (Å²) >= 11 is 0.889. The fraction of sp³-hybridized carbons (Fsp3) is 0.217. The van der Waals surface area contributed by atoms with Crippen molar-refractivity contribution in [3.8, 4) is 0 Å². The van der Waals surface area contributed by atoms with Gasteiger partial charge in [0.05, 0.1) is 10.5 Å². The molecule has 0 unspecified atom stereocenters. The van der Waals surface area contributed by atoms with Crippen LogP contribution in [-0.2, 0) is 16.0 Å². The molecule has 0 radical (unpaired) electrons. The van der Waals surface area contributed by atoms with Crippen molar-refractivity contribution in [2.45, 2.75) is 26.2 Å². The molecule has 2 aromatic rings. The van der Waals surface area contributed by atoms with Gasteiger partial charge in [0.1, 0.15) is 0 Å². The highest BCUT2D eigenvalue weighted by atomic mass is 32.2. The summed E-state index contributed by atoms with van der Waals surface area (Å²) < 4.78 is 0. The molecule has 0 atom stereocenters. The van der Waals surface area contributed by atoms with Crippen LogP contribution in [-0.4, -0.2) is 39.6 Å². The number of carbonyl (C=O) groups excluding carboxylic acids is 3. The van der Waals surface area contributed by atoms with E-state index >= 15 is 0 Å². The molecule has 1 aliphatic rings. The van der Waals surface area contributed by atoms with Gasteiger partial charge < -0.3 is 16.2 Å². The van der Waals surface area contributed by atoms with Crippen LogP contribution >= 0.6 is 11.8 Å². The molecule has 9 heteroatoms. The Morgan fingerprint density at radius 2 is 1.88 bits per heavy atom. The minimum Gasteiger partial charge on any atom is -0.478 e. The van der Waals surface area contributed by atoms with Crippen molar-refractivity contribution in [3.63, 3.8) is 0 Å². The van der Waals surface area contributed by atoms with E-state index in [9.17, 15) is 19.2 Å². The maximum Gasteiger partial charge on any atom is 0.337 e. The zero-order valence-electron chi connectivity index (χ0n) is 17.5. The number of benzene rings is 2. The number of carboxylic acids is 1. The normalized spacial score (nSPS) is 14.8. The van der Waals surface area contributed by atoms with Crippen molar-refractivity contribution >= 4 is 52.2 Å². The Balaban J connectivity index is 1.53. The number of aryl methyl sites for hydroxylation is 1. The van der Waals surface area contributed by atoms with Gasteiger partial charge in [-0.15, -0.1) is 0 Å². The van der Waals surface area contributed by atoms with Crippen LogP contribution in [0.15, 0.2) is 47.4 Å². The molecular formula is C23H23N3O5S. The van der Waals surface area contributed by atoms with E-state index in [0.717, 1.165) is 28.6 Å². The number of thioether (sulfide) groups is 1. The lowest BCUT2D eigenvalue weighted by molar-refractivity contribution is -0.123. The molecule has 4 N–H and O–H groups in total. The fourth-order valence-electron chi connectivity index (χ4n) is 3.15. The summed E-state index contributed by atoms with van der Waals surface area (Å²) in [6.45, 7) is 2.19. The Labute approximate surface area is 189 Å². The number of rotatable bonds is 8. The largest absolute Gasteiger partial charge is 0.478 e. The fourth-order valence-corrected chi connectivity index (χ4v) is 4.02. The van der Waals surface area contributed by atoms with Crippen LogP contribution in [0.3, 0.4) is 0 Å². The zero-order valence-corrected chi connectivity index (χ0v) is 18.3. The van der Waals surface area contributed by atoms with Gasteiger partial charge in [0, 0.05) is 24.3 Å². The van der Waals surface area contributed by atoms with Gasteiger partial charge in [0.25, 0.3) is 11.1 Å². The number of hydrogen-bond donors (Lipinski definition) is 3. The van der Waals surface area contributed by atoms with E-state index in [-0.39, 0.29) is 41.3 Å². The molecule has 3 amide bonds. The van der Waals surface area contributed by atoms with E-state index in [1.54, 1.807) is 6.08 Å². The zero-order chi connectivity index (χ0) is 23.3.